The van der Waals surface area contributed by atoms with Gasteiger partial charge in [0.25, 0.3) is 0 Å². The van der Waals surface area contributed by atoms with E-state index in [-0.39, 0.29) is 0 Å². The van der Waals surface area contributed by atoms with Crippen LogP contribution in [0.1, 0.15) is 25.9 Å². The van der Waals surface area contributed by atoms with Crippen LogP contribution in [0.2, 0.25) is 0 Å². The fourth-order valence-corrected chi connectivity index (χ4v) is 2.75. The number of ether oxygens (including phenoxy) is 2. The molecule has 0 saturated carbocycles. The predicted molar refractivity (Wildman–Crippen MR) is 76.0 cm³/mol. The normalized spacial score (nSPS) is 24.0. The third-order valence-electron chi connectivity index (χ3n) is 3.84. The number of fused-ring (bicyclic) bond motifs is 1. The van der Waals surface area contributed by atoms with E-state index in [1.165, 1.54) is 0 Å². The maximum atomic E-state index is 10.5. The molecule has 0 radical (unpaired) electrons. The largest absolute Gasteiger partial charge is 0.486 e. The fraction of sp³-hybridized carbons (Fsp3) is 0.600. The van der Waals surface area contributed by atoms with Crippen LogP contribution in [0.15, 0.2) is 18.2 Å². The van der Waals surface area contributed by atoms with E-state index in [2.05, 4.69) is 4.90 Å². The third kappa shape index (κ3) is 2.90. The Hall–Kier alpha value is -1.30. The molecule has 5 nitrogen and oxygen atoms in total. The van der Waals surface area contributed by atoms with E-state index < -0.39 is 12.1 Å². The molecule has 1 aromatic rings. The molecule has 5 heteroatoms. The molecule has 1 fully saturated rings. The molecular formula is C15H22N2O3. The quantitative estimate of drug-likeness (QED) is 0.857. The van der Waals surface area contributed by atoms with Gasteiger partial charge in [0.05, 0.1) is 7.45 Å². The molecule has 0 bridgehead atoms. The van der Waals surface area contributed by atoms with Crippen molar-refractivity contribution in [3.05, 3.63) is 23.8 Å². The standard InChI is InChI=1S/C15H22N2O3/c16-12(10-17-5-1-2-6-17)15(18)11-3-4-13-14(9-11)20-8-7-19-13/h3-4,9,12,15,18H,1-2,5-8,10,16H2/t12-,15-/m1/s1/i15D. The molecule has 3 rings (SSSR count). The Morgan fingerprint density at radius 2 is 1.95 bits per heavy atom. The minimum atomic E-state index is -1.83. The van der Waals surface area contributed by atoms with Gasteiger partial charge >= 0.3 is 0 Å². The van der Waals surface area contributed by atoms with E-state index >= 15 is 0 Å². The lowest BCUT2D eigenvalue weighted by atomic mass is 10.0. The molecule has 20 heavy (non-hydrogen) atoms. The van der Waals surface area contributed by atoms with Gasteiger partial charge in [-0.2, -0.15) is 0 Å². The first-order valence-corrected chi connectivity index (χ1v) is 7.18. The number of likely N-dealkylation sites (tertiary alicyclic amines) is 1. The molecule has 0 spiro atoms. The highest BCUT2D eigenvalue weighted by Crippen LogP contribution is 2.33. The molecule has 3 N–H and O–H groups in total. The van der Waals surface area contributed by atoms with E-state index in [1.54, 1.807) is 18.2 Å². The van der Waals surface area contributed by atoms with Crippen molar-refractivity contribution in [2.24, 2.45) is 5.73 Å². The molecule has 2 aliphatic rings. The SMILES string of the molecule is [2H][C@@](O)(c1ccc2c(c1)OCCO2)[C@H](N)CN1CCCC1. The second-order valence-electron chi connectivity index (χ2n) is 5.36. The molecule has 0 unspecified atom stereocenters. The summed E-state index contributed by atoms with van der Waals surface area (Å²) in [6, 6.07) is 4.40. The first-order chi connectivity index (χ1) is 10.1. The number of benzene rings is 1. The van der Waals surface area contributed by atoms with E-state index in [4.69, 9.17) is 16.6 Å². The molecule has 0 aromatic heterocycles. The summed E-state index contributed by atoms with van der Waals surface area (Å²) >= 11 is 0. The van der Waals surface area contributed by atoms with Crippen molar-refractivity contribution >= 4 is 0 Å². The summed E-state index contributed by atoms with van der Waals surface area (Å²) in [7, 11) is 0. The highest BCUT2D eigenvalue weighted by atomic mass is 16.6. The smallest absolute Gasteiger partial charge is 0.161 e. The zero-order valence-electron chi connectivity index (χ0n) is 12.5. The van der Waals surface area contributed by atoms with Crippen molar-refractivity contribution in [1.29, 1.82) is 0 Å². The van der Waals surface area contributed by atoms with Crippen molar-refractivity contribution in [2.45, 2.75) is 25.0 Å². The minimum Gasteiger partial charge on any atom is -0.486 e. The van der Waals surface area contributed by atoms with Crippen molar-refractivity contribution in [1.82, 2.24) is 4.90 Å². The highest BCUT2D eigenvalue weighted by Gasteiger charge is 2.23. The summed E-state index contributed by atoms with van der Waals surface area (Å²) in [4.78, 5) is 2.20. The van der Waals surface area contributed by atoms with Gasteiger partial charge in [-0.05, 0) is 43.6 Å². The average Bonchev–Trinajstić information content (AvgIpc) is 2.99. The molecule has 1 aromatic carbocycles. The first-order valence-electron chi connectivity index (χ1n) is 7.68. The molecule has 0 aliphatic carbocycles. The number of hydrogen-bond acceptors (Lipinski definition) is 5. The first kappa shape index (κ1) is 12.4. The van der Waals surface area contributed by atoms with Crippen molar-refractivity contribution < 1.29 is 16.0 Å². The van der Waals surface area contributed by atoms with Gasteiger partial charge in [-0.1, -0.05) is 6.07 Å². The summed E-state index contributed by atoms with van der Waals surface area (Å²) < 4.78 is 19.2. The van der Waals surface area contributed by atoms with Crippen LogP contribution in [0.25, 0.3) is 0 Å². The number of nitrogens with zero attached hydrogens (tertiary/aromatic N) is 1. The summed E-state index contributed by atoms with van der Waals surface area (Å²) in [5, 5.41) is 10.5. The van der Waals surface area contributed by atoms with Gasteiger partial charge in [0.2, 0.25) is 0 Å². The van der Waals surface area contributed by atoms with Gasteiger partial charge in [-0.25, -0.2) is 0 Å². The zero-order valence-corrected chi connectivity index (χ0v) is 11.5. The van der Waals surface area contributed by atoms with Crippen LogP contribution >= 0.6 is 0 Å². The lowest BCUT2D eigenvalue weighted by molar-refractivity contribution is 0.124. The Morgan fingerprint density at radius 1 is 1.25 bits per heavy atom. The van der Waals surface area contributed by atoms with Gasteiger partial charge in [0, 0.05) is 12.6 Å². The minimum absolute atomic E-state index is 0.443. The molecule has 110 valence electrons. The van der Waals surface area contributed by atoms with Crippen molar-refractivity contribution in [3.8, 4) is 11.5 Å². The van der Waals surface area contributed by atoms with E-state index in [9.17, 15) is 5.11 Å². The Morgan fingerprint density at radius 3 is 2.70 bits per heavy atom. The van der Waals surface area contributed by atoms with Crippen LogP contribution in [0.5, 0.6) is 11.5 Å². The van der Waals surface area contributed by atoms with Crippen LogP contribution in [-0.4, -0.2) is 48.9 Å². The summed E-state index contributed by atoms with van der Waals surface area (Å²) in [6.07, 6.45) is 0.485. The third-order valence-corrected chi connectivity index (χ3v) is 3.84. The van der Waals surface area contributed by atoms with Crippen LogP contribution in [0, 0.1) is 0 Å². The maximum Gasteiger partial charge on any atom is 0.161 e. The molecular weight excluding hydrogens is 256 g/mol. The number of hydrogen-bond donors (Lipinski definition) is 2. The predicted octanol–water partition coefficient (Wildman–Crippen LogP) is 0.914. The average molecular weight is 279 g/mol. The summed E-state index contributed by atoms with van der Waals surface area (Å²) in [5.41, 5.74) is 6.53. The molecule has 0 amide bonds. The van der Waals surface area contributed by atoms with Crippen LogP contribution in [0.3, 0.4) is 0 Å². The van der Waals surface area contributed by atoms with Crippen molar-refractivity contribution in [3.63, 3.8) is 0 Å². The van der Waals surface area contributed by atoms with Gasteiger partial charge < -0.3 is 25.2 Å². The van der Waals surface area contributed by atoms with E-state index in [0.29, 0.717) is 36.8 Å². The van der Waals surface area contributed by atoms with Crippen LogP contribution in [-0.2, 0) is 0 Å². The monoisotopic (exact) mass is 279 g/mol. The maximum absolute atomic E-state index is 10.5. The van der Waals surface area contributed by atoms with Crippen molar-refractivity contribution in [2.75, 3.05) is 32.8 Å². The summed E-state index contributed by atoms with van der Waals surface area (Å²) in [5.74, 6) is 1.21. The second kappa shape index (κ2) is 5.99. The molecule has 2 aliphatic heterocycles. The Labute approximate surface area is 120 Å². The Balaban J connectivity index is 1.76. The van der Waals surface area contributed by atoms with Crippen LogP contribution < -0.4 is 15.2 Å². The van der Waals surface area contributed by atoms with Gasteiger partial charge in [-0.15, -0.1) is 0 Å². The fourth-order valence-electron chi connectivity index (χ4n) is 2.75. The highest BCUT2D eigenvalue weighted by molar-refractivity contribution is 5.44. The second-order valence-corrected chi connectivity index (χ2v) is 5.36. The summed E-state index contributed by atoms with van der Waals surface area (Å²) in [6.45, 7) is 3.50. The molecule has 2 atom stereocenters. The number of rotatable bonds is 4. The number of aliphatic hydroxyl groups is 1. The topological polar surface area (TPSA) is 67.9 Å². The van der Waals surface area contributed by atoms with Gasteiger partial charge in [0.1, 0.15) is 13.2 Å². The van der Waals surface area contributed by atoms with Crippen LogP contribution in [0.4, 0.5) is 0 Å². The van der Waals surface area contributed by atoms with E-state index in [0.717, 1.165) is 25.9 Å². The van der Waals surface area contributed by atoms with Gasteiger partial charge in [0.15, 0.2) is 11.5 Å². The lowest BCUT2D eigenvalue weighted by Gasteiger charge is -2.26. The Kier molecular flexibility index (Phi) is 3.73. The zero-order chi connectivity index (χ0) is 14.9. The van der Waals surface area contributed by atoms with Gasteiger partial charge in [-0.3, -0.25) is 0 Å². The van der Waals surface area contributed by atoms with E-state index in [1.807, 2.05) is 0 Å². The molecule has 2 heterocycles. The molecule has 1 saturated heterocycles. The number of nitrogens with two attached hydrogens (primary N) is 1. The Bertz CT molecular complexity index is 504. The lowest BCUT2D eigenvalue weighted by Crippen LogP contribution is -2.40.